The van der Waals surface area contributed by atoms with E-state index in [-0.39, 0.29) is 24.1 Å². The molecule has 0 radical (unpaired) electrons. The van der Waals surface area contributed by atoms with Gasteiger partial charge in [-0.25, -0.2) is 0 Å². The van der Waals surface area contributed by atoms with E-state index < -0.39 is 4.92 Å². The molecule has 1 aliphatic rings. The van der Waals surface area contributed by atoms with Crippen molar-refractivity contribution in [3.05, 3.63) is 39.9 Å². The first-order valence-corrected chi connectivity index (χ1v) is 8.28. The summed E-state index contributed by atoms with van der Waals surface area (Å²) in [6.07, 6.45) is -0.0354. The molecule has 0 aliphatic carbocycles. The van der Waals surface area contributed by atoms with Crippen LogP contribution in [0.3, 0.4) is 0 Å². The zero-order chi connectivity index (χ0) is 17.5. The molecule has 2 rings (SSSR count). The number of nitro benzene ring substituents is 1. The Bertz CT molecular complexity index is 577. The lowest BCUT2D eigenvalue weighted by Gasteiger charge is -2.33. The molecular weight excluding hydrogens is 310 g/mol. The van der Waals surface area contributed by atoms with Crippen LogP contribution in [-0.4, -0.2) is 54.6 Å². The standard InChI is InChI=1S/C17H25N3O4/c1-13(2)11-19-7-8-24-15(12-19)10-18-17(21)9-14-5-3-4-6-16(14)20(22)23/h3-6,13,15H,7-12H2,1-2H3,(H,18,21). The van der Waals surface area contributed by atoms with Crippen molar-refractivity contribution in [3.63, 3.8) is 0 Å². The molecule has 7 nitrogen and oxygen atoms in total. The van der Waals surface area contributed by atoms with E-state index in [4.69, 9.17) is 4.74 Å². The highest BCUT2D eigenvalue weighted by Crippen LogP contribution is 2.18. The average molecular weight is 335 g/mol. The zero-order valence-electron chi connectivity index (χ0n) is 14.2. The molecule has 132 valence electrons. The number of nitro groups is 1. The van der Waals surface area contributed by atoms with Crippen molar-refractivity contribution in [2.45, 2.75) is 26.4 Å². The van der Waals surface area contributed by atoms with Crippen molar-refractivity contribution < 1.29 is 14.5 Å². The van der Waals surface area contributed by atoms with E-state index >= 15 is 0 Å². The van der Waals surface area contributed by atoms with Crippen LogP contribution >= 0.6 is 0 Å². The number of morpholine rings is 1. The van der Waals surface area contributed by atoms with Crippen molar-refractivity contribution in [3.8, 4) is 0 Å². The molecule has 1 aromatic carbocycles. The third-order valence-electron chi connectivity index (χ3n) is 3.91. The Morgan fingerprint density at radius 2 is 2.21 bits per heavy atom. The molecule has 0 spiro atoms. The van der Waals surface area contributed by atoms with Gasteiger partial charge in [0.2, 0.25) is 5.91 Å². The number of para-hydroxylation sites is 1. The van der Waals surface area contributed by atoms with Gasteiger partial charge in [0, 0.05) is 37.8 Å². The number of hydrogen-bond acceptors (Lipinski definition) is 5. The predicted molar refractivity (Wildman–Crippen MR) is 90.8 cm³/mol. The third kappa shape index (κ3) is 5.58. The molecule has 1 N–H and O–H groups in total. The molecule has 0 bridgehead atoms. The van der Waals surface area contributed by atoms with Crippen molar-refractivity contribution in [1.29, 1.82) is 0 Å². The molecule has 1 atom stereocenters. The van der Waals surface area contributed by atoms with Gasteiger partial charge in [-0.2, -0.15) is 0 Å². The summed E-state index contributed by atoms with van der Waals surface area (Å²) in [5.41, 5.74) is 0.399. The minimum atomic E-state index is -0.462. The van der Waals surface area contributed by atoms with Crippen LogP contribution in [0.5, 0.6) is 0 Å². The molecule has 24 heavy (non-hydrogen) atoms. The summed E-state index contributed by atoms with van der Waals surface area (Å²) in [7, 11) is 0. The molecule has 1 aromatic rings. The second kappa shape index (κ2) is 8.75. The van der Waals surface area contributed by atoms with Crippen LogP contribution in [0.25, 0.3) is 0 Å². The topological polar surface area (TPSA) is 84.7 Å². The summed E-state index contributed by atoms with van der Waals surface area (Å²) >= 11 is 0. The number of carbonyl (C=O) groups is 1. The highest BCUT2D eigenvalue weighted by atomic mass is 16.6. The molecule has 0 aromatic heterocycles. The van der Waals surface area contributed by atoms with Crippen LogP contribution in [0.15, 0.2) is 24.3 Å². The summed E-state index contributed by atoms with van der Waals surface area (Å²) in [5.74, 6) is 0.367. The van der Waals surface area contributed by atoms with Crippen molar-refractivity contribution in [1.82, 2.24) is 10.2 Å². The van der Waals surface area contributed by atoms with Gasteiger partial charge < -0.3 is 10.1 Å². The number of carbonyl (C=O) groups excluding carboxylic acids is 1. The SMILES string of the molecule is CC(C)CN1CCOC(CNC(=O)Cc2ccccc2[N+](=O)[O-])C1. The van der Waals surface area contributed by atoms with Crippen LogP contribution in [0.4, 0.5) is 5.69 Å². The molecular formula is C17H25N3O4. The Hall–Kier alpha value is -1.99. The van der Waals surface area contributed by atoms with E-state index in [0.717, 1.165) is 19.6 Å². The summed E-state index contributed by atoms with van der Waals surface area (Å²) in [6.45, 7) is 8.18. The minimum absolute atomic E-state index is 0.000415. The molecule has 0 saturated carbocycles. The number of ether oxygens (including phenoxy) is 1. The first-order chi connectivity index (χ1) is 11.5. The number of nitrogens with zero attached hydrogens (tertiary/aromatic N) is 2. The average Bonchev–Trinajstić information content (AvgIpc) is 2.53. The van der Waals surface area contributed by atoms with Gasteiger partial charge >= 0.3 is 0 Å². The maximum Gasteiger partial charge on any atom is 0.273 e. The number of benzene rings is 1. The Labute approximate surface area is 142 Å². The quantitative estimate of drug-likeness (QED) is 0.604. The fraction of sp³-hybridized carbons (Fsp3) is 0.588. The Balaban J connectivity index is 1.82. The van der Waals surface area contributed by atoms with Gasteiger partial charge in [-0.1, -0.05) is 32.0 Å². The van der Waals surface area contributed by atoms with Gasteiger partial charge in [-0.15, -0.1) is 0 Å². The maximum atomic E-state index is 12.1. The first-order valence-electron chi connectivity index (χ1n) is 8.28. The molecule has 7 heteroatoms. The Morgan fingerprint density at radius 3 is 2.92 bits per heavy atom. The second-order valence-corrected chi connectivity index (χ2v) is 6.51. The highest BCUT2D eigenvalue weighted by Gasteiger charge is 2.22. The van der Waals surface area contributed by atoms with Gasteiger partial charge in [0.1, 0.15) is 0 Å². The van der Waals surface area contributed by atoms with E-state index in [2.05, 4.69) is 24.1 Å². The van der Waals surface area contributed by atoms with Crippen LogP contribution in [0, 0.1) is 16.0 Å². The maximum absolute atomic E-state index is 12.1. The summed E-state index contributed by atoms with van der Waals surface area (Å²) in [4.78, 5) is 24.9. The summed E-state index contributed by atoms with van der Waals surface area (Å²) in [6, 6.07) is 6.32. The molecule has 1 aliphatic heterocycles. The third-order valence-corrected chi connectivity index (χ3v) is 3.91. The van der Waals surface area contributed by atoms with Crippen molar-refractivity contribution in [2.24, 2.45) is 5.92 Å². The summed E-state index contributed by atoms with van der Waals surface area (Å²) < 4.78 is 5.69. The van der Waals surface area contributed by atoms with Crippen LogP contribution < -0.4 is 5.32 Å². The van der Waals surface area contributed by atoms with Crippen LogP contribution in [-0.2, 0) is 16.0 Å². The van der Waals surface area contributed by atoms with Gasteiger partial charge in [-0.3, -0.25) is 19.8 Å². The monoisotopic (exact) mass is 335 g/mol. The number of rotatable bonds is 7. The molecule has 1 saturated heterocycles. The molecule has 1 amide bonds. The fourth-order valence-corrected chi connectivity index (χ4v) is 2.89. The number of amides is 1. The smallest absolute Gasteiger partial charge is 0.273 e. The predicted octanol–water partition coefficient (Wildman–Crippen LogP) is 1.61. The van der Waals surface area contributed by atoms with Crippen LogP contribution in [0.2, 0.25) is 0 Å². The lowest BCUT2D eigenvalue weighted by atomic mass is 10.1. The van der Waals surface area contributed by atoms with Gasteiger partial charge in [0.05, 0.1) is 24.1 Å². The highest BCUT2D eigenvalue weighted by molar-refractivity contribution is 5.79. The molecule has 1 fully saturated rings. The number of nitrogens with one attached hydrogen (secondary N) is 1. The first kappa shape index (κ1) is 18.4. The molecule has 1 heterocycles. The summed E-state index contributed by atoms with van der Waals surface area (Å²) in [5, 5.41) is 13.8. The Morgan fingerprint density at radius 1 is 1.46 bits per heavy atom. The normalized spacial score (nSPS) is 18.5. The van der Waals surface area contributed by atoms with E-state index in [1.54, 1.807) is 18.2 Å². The van der Waals surface area contributed by atoms with Gasteiger partial charge in [0.15, 0.2) is 0 Å². The molecule has 1 unspecified atom stereocenters. The van der Waals surface area contributed by atoms with Crippen molar-refractivity contribution in [2.75, 3.05) is 32.8 Å². The Kier molecular flexibility index (Phi) is 6.69. The van der Waals surface area contributed by atoms with Crippen molar-refractivity contribution >= 4 is 11.6 Å². The van der Waals surface area contributed by atoms with Gasteiger partial charge in [-0.05, 0) is 5.92 Å². The van der Waals surface area contributed by atoms with Gasteiger partial charge in [0.25, 0.3) is 5.69 Å². The number of hydrogen-bond donors (Lipinski definition) is 1. The second-order valence-electron chi connectivity index (χ2n) is 6.51. The van der Waals surface area contributed by atoms with E-state index in [0.29, 0.717) is 24.6 Å². The van der Waals surface area contributed by atoms with E-state index in [1.807, 2.05) is 0 Å². The van der Waals surface area contributed by atoms with Crippen LogP contribution in [0.1, 0.15) is 19.4 Å². The minimum Gasteiger partial charge on any atom is -0.374 e. The lowest BCUT2D eigenvalue weighted by molar-refractivity contribution is -0.385. The fourth-order valence-electron chi connectivity index (χ4n) is 2.89. The van der Waals surface area contributed by atoms with E-state index in [1.165, 1.54) is 6.07 Å². The zero-order valence-corrected chi connectivity index (χ0v) is 14.2. The lowest BCUT2D eigenvalue weighted by Crippen LogP contribution is -2.48. The largest absolute Gasteiger partial charge is 0.374 e. The van der Waals surface area contributed by atoms with E-state index in [9.17, 15) is 14.9 Å².